The Hall–Kier alpha value is -1.91. The molecule has 0 atom stereocenters. The van der Waals surface area contributed by atoms with Gasteiger partial charge in [-0.3, -0.25) is 10.1 Å². The van der Waals surface area contributed by atoms with Gasteiger partial charge in [0.25, 0.3) is 5.69 Å². The first kappa shape index (κ1) is 9.18. The van der Waals surface area contributed by atoms with Crippen LogP contribution in [0.5, 0.6) is 0 Å². The summed E-state index contributed by atoms with van der Waals surface area (Å²) in [4.78, 5) is 9.95. The second kappa shape index (κ2) is 3.66. The smallest absolute Gasteiger partial charge is 0.270 e. The summed E-state index contributed by atoms with van der Waals surface area (Å²) in [5.41, 5.74) is 1.28. The lowest BCUT2D eigenvalue weighted by atomic mass is 10.1. The predicted molar refractivity (Wildman–Crippen MR) is 49.5 cm³/mol. The number of nitro groups is 1. The molecule has 0 heterocycles. The summed E-state index contributed by atoms with van der Waals surface area (Å²) in [7, 11) is 0. The van der Waals surface area contributed by atoms with Crippen molar-refractivity contribution in [1.29, 1.82) is 0 Å². The van der Waals surface area contributed by atoms with Crippen LogP contribution in [0.15, 0.2) is 29.4 Å². The van der Waals surface area contributed by atoms with Crippen molar-refractivity contribution in [2.75, 3.05) is 0 Å². The van der Waals surface area contributed by atoms with E-state index < -0.39 is 4.92 Å². The van der Waals surface area contributed by atoms with Gasteiger partial charge >= 0.3 is 0 Å². The fraction of sp³-hybridized carbons (Fsp3) is 0.125. The largest absolute Gasteiger partial charge is 0.323 e. The molecule has 0 aliphatic carbocycles. The maximum atomic E-state index is 10.4. The number of non-ortho nitro benzene ring substituents is 1. The summed E-state index contributed by atoms with van der Waals surface area (Å²) in [6.07, 6.45) is 0. The number of hydrazone groups is 1. The number of nitro benzene ring substituents is 1. The second-order valence-corrected chi connectivity index (χ2v) is 2.52. The van der Waals surface area contributed by atoms with Gasteiger partial charge in [0.15, 0.2) is 0 Å². The Kier molecular flexibility index (Phi) is 2.59. The molecule has 1 aromatic rings. The molecule has 0 aliphatic heterocycles. The van der Waals surface area contributed by atoms with Crippen LogP contribution in [0.2, 0.25) is 0 Å². The van der Waals surface area contributed by atoms with Gasteiger partial charge in [-0.15, -0.1) is 0 Å². The summed E-state index contributed by atoms with van der Waals surface area (Å²) in [6, 6.07) is 6.18. The zero-order valence-corrected chi connectivity index (χ0v) is 7.10. The van der Waals surface area contributed by atoms with E-state index in [0.29, 0.717) is 11.3 Å². The SMILES string of the molecule is C/C(=N/N)c1cccc([N+](=O)[O-])c1. The molecular weight excluding hydrogens is 170 g/mol. The lowest BCUT2D eigenvalue weighted by Crippen LogP contribution is -1.99. The van der Waals surface area contributed by atoms with E-state index in [4.69, 9.17) is 5.84 Å². The Balaban J connectivity index is 3.13. The van der Waals surface area contributed by atoms with Crippen LogP contribution in [0.25, 0.3) is 0 Å². The maximum Gasteiger partial charge on any atom is 0.270 e. The molecule has 68 valence electrons. The summed E-state index contributed by atoms with van der Waals surface area (Å²) in [5, 5.41) is 13.9. The summed E-state index contributed by atoms with van der Waals surface area (Å²) < 4.78 is 0. The van der Waals surface area contributed by atoms with Gasteiger partial charge in [-0.1, -0.05) is 12.1 Å². The highest BCUT2D eigenvalue weighted by atomic mass is 16.6. The molecule has 0 fully saturated rings. The van der Waals surface area contributed by atoms with E-state index in [0.717, 1.165) is 0 Å². The van der Waals surface area contributed by atoms with Crippen molar-refractivity contribution in [2.24, 2.45) is 10.9 Å². The van der Waals surface area contributed by atoms with Crippen LogP contribution in [-0.4, -0.2) is 10.6 Å². The van der Waals surface area contributed by atoms with Crippen molar-refractivity contribution in [3.63, 3.8) is 0 Å². The second-order valence-electron chi connectivity index (χ2n) is 2.52. The first-order valence-electron chi connectivity index (χ1n) is 3.64. The minimum absolute atomic E-state index is 0.0421. The minimum atomic E-state index is -0.451. The van der Waals surface area contributed by atoms with Gasteiger partial charge in [-0.2, -0.15) is 5.10 Å². The molecular formula is C8H9N3O2. The molecule has 0 amide bonds. The number of hydrogen-bond donors (Lipinski definition) is 1. The van der Waals surface area contributed by atoms with Crippen LogP contribution in [0.4, 0.5) is 5.69 Å². The Bertz CT molecular complexity index is 360. The predicted octanol–water partition coefficient (Wildman–Crippen LogP) is 1.28. The highest BCUT2D eigenvalue weighted by Crippen LogP contribution is 2.13. The van der Waals surface area contributed by atoms with E-state index in [1.165, 1.54) is 12.1 Å². The van der Waals surface area contributed by atoms with Crippen molar-refractivity contribution in [3.05, 3.63) is 39.9 Å². The van der Waals surface area contributed by atoms with Gasteiger partial charge in [0, 0.05) is 17.7 Å². The van der Waals surface area contributed by atoms with Crippen LogP contribution in [0.3, 0.4) is 0 Å². The number of hydrogen-bond acceptors (Lipinski definition) is 4. The van der Waals surface area contributed by atoms with Crippen molar-refractivity contribution in [1.82, 2.24) is 0 Å². The van der Waals surface area contributed by atoms with Crippen LogP contribution in [0.1, 0.15) is 12.5 Å². The van der Waals surface area contributed by atoms with Gasteiger partial charge in [0.2, 0.25) is 0 Å². The fourth-order valence-corrected chi connectivity index (χ4v) is 0.919. The third kappa shape index (κ3) is 2.02. The lowest BCUT2D eigenvalue weighted by molar-refractivity contribution is -0.384. The van der Waals surface area contributed by atoms with E-state index in [1.807, 2.05) is 0 Å². The van der Waals surface area contributed by atoms with Crippen LogP contribution >= 0.6 is 0 Å². The number of benzene rings is 1. The molecule has 2 N–H and O–H groups in total. The van der Waals surface area contributed by atoms with E-state index >= 15 is 0 Å². The number of nitrogens with zero attached hydrogens (tertiary/aromatic N) is 2. The molecule has 0 saturated carbocycles. The lowest BCUT2D eigenvalue weighted by Gasteiger charge is -1.97. The molecule has 0 saturated heterocycles. The average molecular weight is 179 g/mol. The highest BCUT2D eigenvalue weighted by Gasteiger charge is 2.06. The van der Waals surface area contributed by atoms with Gasteiger partial charge in [0.1, 0.15) is 0 Å². The fourth-order valence-electron chi connectivity index (χ4n) is 0.919. The maximum absolute atomic E-state index is 10.4. The van der Waals surface area contributed by atoms with Crippen LogP contribution in [-0.2, 0) is 0 Å². The van der Waals surface area contributed by atoms with Crippen molar-refractivity contribution < 1.29 is 4.92 Å². The van der Waals surface area contributed by atoms with Crippen molar-refractivity contribution in [3.8, 4) is 0 Å². The Morgan fingerprint density at radius 3 is 2.85 bits per heavy atom. The summed E-state index contributed by atoms with van der Waals surface area (Å²) in [6.45, 7) is 1.69. The molecule has 5 heteroatoms. The number of rotatable bonds is 2. The van der Waals surface area contributed by atoms with Gasteiger partial charge in [-0.05, 0) is 6.92 Å². The third-order valence-electron chi connectivity index (χ3n) is 1.67. The Morgan fingerprint density at radius 1 is 1.62 bits per heavy atom. The molecule has 0 aromatic heterocycles. The van der Waals surface area contributed by atoms with Gasteiger partial charge in [0.05, 0.1) is 10.6 Å². The molecule has 1 rings (SSSR count). The zero-order chi connectivity index (χ0) is 9.84. The number of nitrogens with two attached hydrogens (primary N) is 1. The molecule has 1 aromatic carbocycles. The normalized spacial score (nSPS) is 11.3. The van der Waals surface area contributed by atoms with Gasteiger partial charge < -0.3 is 5.84 Å². The quantitative estimate of drug-likeness (QED) is 0.321. The van der Waals surface area contributed by atoms with E-state index in [9.17, 15) is 10.1 Å². The van der Waals surface area contributed by atoms with Crippen LogP contribution in [0, 0.1) is 10.1 Å². The molecule has 0 spiro atoms. The van der Waals surface area contributed by atoms with Crippen molar-refractivity contribution in [2.45, 2.75) is 6.92 Å². The van der Waals surface area contributed by atoms with Crippen molar-refractivity contribution >= 4 is 11.4 Å². The minimum Gasteiger partial charge on any atom is -0.323 e. The average Bonchev–Trinajstić information content (AvgIpc) is 2.17. The molecule has 0 radical (unpaired) electrons. The first-order valence-corrected chi connectivity index (χ1v) is 3.64. The van der Waals surface area contributed by atoms with Crippen LogP contribution < -0.4 is 5.84 Å². The van der Waals surface area contributed by atoms with E-state index in [-0.39, 0.29) is 5.69 Å². The Labute approximate surface area is 75.0 Å². The molecule has 0 bridgehead atoms. The van der Waals surface area contributed by atoms with Gasteiger partial charge in [-0.25, -0.2) is 0 Å². The molecule has 5 nitrogen and oxygen atoms in total. The zero-order valence-electron chi connectivity index (χ0n) is 7.10. The monoisotopic (exact) mass is 179 g/mol. The highest BCUT2D eigenvalue weighted by molar-refractivity contribution is 5.98. The third-order valence-corrected chi connectivity index (χ3v) is 1.67. The molecule has 0 unspecified atom stereocenters. The first-order chi connectivity index (χ1) is 6.15. The topological polar surface area (TPSA) is 81.5 Å². The summed E-state index contributed by atoms with van der Waals surface area (Å²) in [5.74, 6) is 5.05. The molecule has 0 aliphatic rings. The van der Waals surface area contributed by atoms with E-state index in [2.05, 4.69) is 5.10 Å². The molecule has 13 heavy (non-hydrogen) atoms. The Morgan fingerprint density at radius 2 is 2.31 bits per heavy atom. The van der Waals surface area contributed by atoms with E-state index in [1.54, 1.807) is 19.1 Å². The standard InChI is InChI=1S/C8H9N3O2/c1-6(10-9)7-3-2-4-8(5-7)11(12)13/h2-5H,9H2,1H3/b10-6-. The summed E-state index contributed by atoms with van der Waals surface area (Å²) >= 11 is 0.